The molecule has 0 saturated heterocycles. The number of aromatic nitrogens is 6. The van der Waals surface area contributed by atoms with E-state index < -0.39 is 0 Å². The van der Waals surface area contributed by atoms with Crippen LogP contribution < -0.4 is 5.32 Å². The molecule has 1 N–H and O–H groups in total. The van der Waals surface area contributed by atoms with Crippen molar-refractivity contribution in [2.45, 2.75) is 13.0 Å². The standard InChI is InChI=1S/C9H15N7/c1-15-6-4-8(12-15)3-5-10-7-9-11-14-16(2)13-9/h4,6,10H,3,5,7H2,1-2H3. The van der Waals surface area contributed by atoms with Crippen LogP contribution in [-0.2, 0) is 27.1 Å². The SMILES string of the molecule is Cn1ccc(CCNCc2nnn(C)n2)n1. The molecule has 0 amide bonds. The Labute approximate surface area is 93.5 Å². The Hall–Kier alpha value is -1.76. The molecule has 2 aromatic heterocycles. The molecule has 2 rings (SSSR count). The van der Waals surface area contributed by atoms with Crippen molar-refractivity contribution in [3.8, 4) is 0 Å². The highest BCUT2D eigenvalue weighted by Crippen LogP contribution is 1.94. The van der Waals surface area contributed by atoms with Crippen molar-refractivity contribution in [1.82, 2.24) is 35.3 Å². The largest absolute Gasteiger partial charge is 0.309 e. The van der Waals surface area contributed by atoms with Gasteiger partial charge in [0.15, 0.2) is 5.82 Å². The number of hydrogen-bond donors (Lipinski definition) is 1. The first-order chi connectivity index (χ1) is 7.74. The summed E-state index contributed by atoms with van der Waals surface area (Å²) in [5.41, 5.74) is 1.09. The van der Waals surface area contributed by atoms with Crippen LogP contribution >= 0.6 is 0 Å². The monoisotopic (exact) mass is 221 g/mol. The van der Waals surface area contributed by atoms with Gasteiger partial charge in [-0.2, -0.15) is 9.90 Å². The maximum absolute atomic E-state index is 4.29. The molecule has 0 aliphatic carbocycles. The van der Waals surface area contributed by atoms with E-state index in [0.717, 1.165) is 18.7 Å². The van der Waals surface area contributed by atoms with Gasteiger partial charge in [-0.05, 0) is 11.3 Å². The summed E-state index contributed by atoms with van der Waals surface area (Å²) in [4.78, 5) is 1.45. The summed E-state index contributed by atoms with van der Waals surface area (Å²) in [5, 5.41) is 19.2. The van der Waals surface area contributed by atoms with E-state index in [9.17, 15) is 0 Å². The maximum Gasteiger partial charge on any atom is 0.188 e. The molecule has 0 fully saturated rings. The third kappa shape index (κ3) is 2.86. The highest BCUT2D eigenvalue weighted by Gasteiger charge is 2.00. The molecular formula is C9H15N7. The molecule has 2 aromatic rings. The molecule has 0 spiro atoms. The van der Waals surface area contributed by atoms with Gasteiger partial charge in [0.2, 0.25) is 0 Å². The second-order valence-electron chi connectivity index (χ2n) is 3.60. The third-order valence-corrected chi connectivity index (χ3v) is 2.16. The molecule has 86 valence electrons. The van der Waals surface area contributed by atoms with Crippen LogP contribution in [-0.4, -0.2) is 36.5 Å². The van der Waals surface area contributed by atoms with Gasteiger partial charge < -0.3 is 5.32 Å². The summed E-state index contributed by atoms with van der Waals surface area (Å²) in [5.74, 6) is 0.712. The Balaban J connectivity index is 1.69. The van der Waals surface area contributed by atoms with Gasteiger partial charge in [0.1, 0.15) is 0 Å². The molecule has 0 saturated carbocycles. The van der Waals surface area contributed by atoms with E-state index >= 15 is 0 Å². The van der Waals surface area contributed by atoms with E-state index in [4.69, 9.17) is 0 Å². The van der Waals surface area contributed by atoms with Gasteiger partial charge in [-0.15, -0.1) is 10.2 Å². The molecule has 0 bridgehead atoms. The zero-order valence-corrected chi connectivity index (χ0v) is 9.46. The van der Waals surface area contributed by atoms with Crippen LogP contribution in [0.25, 0.3) is 0 Å². The Morgan fingerprint density at radius 3 is 2.81 bits per heavy atom. The van der Waals surface area contributed by atoms with E-state index in [1.807, 2.05) is 19.3 Å². The van der Waals surface area contributed by atoms with Crippen LogP contribution in [0.3, 0.4) is 0 Å². The van der Waals surface area contributed by atoms with Crippen molar-refractivity contribution < 1.29 is 0 Å². The van der Waals surface area contributed by atoms with Crippen LogP contribution in [0.5, 0.6) is 0 Å². The quantitative estimate of drug-likeness (QED) is 0.674. The normalized spacial score (nSPS) is 10.9. The minimum Gasteiger partial charge on any atom is -0.309 e. The van der Waals surface area contributed by atoms with Gasteiger partial charge in [0, 0.05) is 26.2 Å². The van der Waals surface area contributed by atoms with Crippen molar-refractivity contribution in [3.63, 3.8) is 0 Å². The first-order valence-corrected chi connectivity index (χ1v) is 5.16. The molecule has 0 aliphatic rings. The second-order valence-corrected chi connectivity index (χ2v) is 3.60. The van der Waals surface area contributed by atoms with Crippen molar-refractivity contribution in [3.05, 3.63) is 23.8 Å². The van der Waals surface area contributed by atoms with Crippen LogP contribution in [0.1, 0.15) is 11.5 Å². The molecule has 7 nitrogen and oxygen atoms in total. The first kappa shape index (κ1) is 10.7. The predicted octanol–water partition coefficient (Wildman–Crippen LogP) is -0.724. The summed E-state index contributed by atoms with van der Waals surface area (Å²) >= 11 is 0. The number of tetrazole rings is 1. The van der Waals surface area contributed by atoms with E-state index in [1.54, 1.807) is 11.7 Å². The number of nitrogens with one attached hydrogen (secondary N) is 1. The van der Waals surface area contributed by atoms with Gasteiger partial charge in [0.25, 0.3) is 0 Å². The number of hydrogen-bond acceptors (Lipinski definition) is 5. The van der Waals surface area contributed by atoms with Crippen molar-refractivity contribution in [2.75, 3.05) is 6.54 Å². The van der Waals surface area contributed by atoms with E-state index in [0.29, 0.717) is 12.4 Å². The lowest BCUT2D eigenvalue weighted by Crippen LogP contribution is -2.18. The zero-order chi connectivity index (χ0) is 11.4. The van der Waals surface area contributed by atoms with Crippen molar-refractivity contribution in [1.29, 1.82) is 0 Å². The Kier molecular flexibility index (Phi) is 3.25. The van der Waals surface area contributed by atoms with Crippen LogP contribution in [0.4, 0.5) is 0 Å². The lowest BCUT2D eigenvalue weighted by Gasteiger charge is -1.98. The molecule has 2 heterocycles. The van der Waals surface area contributed by atoms with Crippen LogP contribution in [0, 0.1) is 0 Å². The van der Waals surface area contributed by atoms with Gasteiger partial charge in [-0.3, -0.25) is 4.68 Å². The summed E-state index contributed by atoms with van der Waals surface area (Å²) in [6.07, 6.45) is 2.85. The fourth-order valence-corrected chi connectivity index (χ4v) is 1.41. The minimum atomic E-state index is 0.640. The lowest BCUT2D eigenvalue weighted by atomic mass is 10.3. The molecule has 7 heteroatoms. The molecular weight excluding hydrogens is 206 g/mol. The van der Waals surface area contributed by atoms with Crippen LogP contribution in [0.15, 0.2) is 12.3 Å². The maximum atomic E-state index is 4.29. The minimum absolute atomic E-state index is 0.640. The molecule has 0 atom stereocenters. The third-order valence-electron chi connectivity index (χ3n) is 2.16. The predicted molar refractivity (Wildman–Crippen MR) is 57.4 cm³/mol. The average Bonchev–Trinajstić information content (AvgIpc) is 2.83. The van der Waals surface area contributed by atoms with Crippen LogP contribution in [0.2, 0.25) is 0 Å². The highest BCUT2D eigenvalue weighted by molar-refractivity contribution is 4.98. The van der Waals surface area contributed by atoms with Crippen molar-refractivity contribution in [2.24, 2.45) is 14.1 Å². The summed E-state index contributed by atoms with van der Waals surface area (Å²) < 4.78 is 1.81. The van der Waals surface area contributed by atoms with Crippen molar-refractivity contribution >= 4 is 0 Å². The number of nitrogens with zero attached hydrogens (tertiary/aromatic N) is 6. The van der Waals surface area contributed by atoms with Gasteiger partial charge >= 0.3 is 0 Å². The average molecular weight is 221 g/mol. The Morgan fingerprint density at radius 2 is 2.19 bits per heavy atom. The van der Waals surface area contributed by atoms with Gasteiger partial charge in [-0.1, -0.05) is 0 Å². The zero-order valence-electron chi connectivity index (χ0n) is 9.46. The molecule has 0 aromatic carbocycles. The van der Waals surface area contributed by atoms with Gasteiger partial charge in [0.05, 0.1) is 19.3 Å². The first-order valence-electron chi connectivity index (χ1n) is 5.16. The smallest absolute Gasteiger partial charge is 0.188 e. The Bertz CT molecular complexity index is 402. The topological polar surface area (TPSA) is 73.5 Å². The summed E-state index contributed by atoms with van der Waals surface area (Å²) in [7, 11) is 3.67. The fourth-order valence-electron chi connectivity index (χ4n) is 1.41. The lowest BCUT2D eigenvalue weighted by molar-refractivity contribution is 0.617. The molecule has 0 unspecified atom stereocenters. The summed E-state index contributed by atoms with van der Waals surface area (Å²) in [6.45, 7) is 1.50. The fraction of sp³-hybridized carbons (Fsp3) is 0.556. The number of aryl methyl sites for hydroxylation is 2. The highest BCUT2D eigenvalue weighted by atomic mass is 15.6. The van der Waals surface area contributed by atoms with E-state index in [2.05, 4.69) is 25.8 Å². The Morgan fingerprint density at radius 1 is 1.31 bits per heavy atom. The second kappa shape index (κ2) is 4.84. The summed E-state index contributed by atoms with van der Waals surface area (Å²) in [6, 6.07) is 2.02. The molecule has 16 heavy (non-hydrogen) atoms. The molecule has 0 aliphatic heterocycles. The van der Waals surface area contributed by atoms with E-state index in [1.165, 1.54) is 4.80 Å². The number of rotatable bonds is 5. The van der Waals surface area contributed by atoms with E-state index in [-0.39, 0.29) is 0 Å². The molecule has 0 radical (unpaired) electrons. The van der Waals surface area contributed by atoms with Gasteiger partial charge in [-0.25, -0.2) is 0 Å².